The lowest BCUT2D eigenvalue weighted by atomic mass is 9.62. The molecule has 0 bridgehead atoms. The van der Waals surface area contributed by atoms with Crippen LogP contribution in [0.5, 0.6) is 11.5 Å². The molecule has 0 spiro atoms. The highest BCUT2D eigenvalue weighted by Gasteiger charge is 2.39. The molecule has 0 atom stereocenters. The Morgan fingerprint density at radius 3 is 1.52 bits per heavy atom. The second kappa shape index (κ2) is 21.4. The van der Waals surface area contributed by atoms with E-state index < -0.39 is 0 Å². The number of benzene rings is 9. The third-order valence-corrected chi connectivity index (χ3v) is 20.6. The maximum absolute atomic E-state index is 7.14. The molecule has 12 aromatic rings. The molecule has 0 radical (unpaired) electrons. The number of hydrogen-bond donors (Lipinski definition) is 0. The number of fused-ring (bicyclic) bond motifs is 11. The smallest absolute Gasteiger partial charge is 0.269 e. The third-order valence-electron chi connectivity index (χ3n) is 20.6. The molecule has 14 rings (SSSR count). The lowest BCUT2D eigenvalue weighted by Gasteiger charge is -2.42. The summed E-state index contributed by atoms with van der Waals surface area (Å²) in [4.78, 5) is 5.00. The molecule has 0 N–H and O–H groups in total. The molecule has 3 aromatic heterocycles. The minimum absolute atomic E-state index is 0.0175. The molecule has 1 aliphatic heterocycles. The zero-order chi connectivity index (χ0) is 65.9. The summed E-state index contributed by atoms with van der Waals surface area (Å²) in [6.07, 6.45) is 8.42. The lowest BCUT2D eigenvalue weighted by molar-refractivity contribution is -0.570. The highest BCUT2D eigenvalue weighted by Crippen LogP contribution is 2.53. The van der Waals surface area contributed by atoms with Crippen LogP contribution in [0, 0.1) is 6.33 Å². The van der Waals surface area contributed by atoms with E-state index in [9.17, 15) is 0 Å². The van der Waals surface area contributed by atoms with E-state index in [1.165, 1.54) is 83.3 Å². The van der Waals surface area contributed by atoms with Gasteiger partial charge in [-0.05, 0) is 206 Å². The Hall–Kier alpha value is -8.80. The van der Waals surface area contributed by atoms with Gasteiger partial charge in [0.25, 0.3) is 6.33 Å². The minimum atomic E-state index is -0.106. The van der Waals surface area contributed by atoms with Gasteiger partial charge in [0.05, 0.1) is 33.4 Å². The zero-order valence-corrected chi connectivity index (χ0v) is 58.5. The topological polar surface area (TPSA) is 35.9 Å². The van der Waals surface area contributed by atoms with Crippen LogP contribution in [0.1, 0.15) is 183 Å². The summed E-state index contributed by atoms with van der Waals surface area (Å²) in [7, 11) is 0. The van der Waals surface area contributed by atoms with Crippen molar-refractivity contribution in [3.63, 3.8) is 0 Å². The average molecular weight is 1220 g/mol. The zero-order valence-electron chi connectivity index (χ0n) is 58.5. The molecule has 4 heterocycles. The van der Waals surface area contributed by atoms with Crippen LogP contribution in [0.15, 0.2) is 188 Å². The van der Waals surface area contributed by atoms with Gasteiger partial charge in [-0.1, -0.05) is 247 Å². The first-order chi connectivity index (χ1) is 43.7. The van der Waals surface area contributed by atoms with Crippen LogP contribution < -0.4 is 9.30 Å². The lowest BCUT2D eigenvalue weighted by Crippen LogP contribution is -2.34. The van der Waals surface area contributed by atoms with Crippen LogP contribution in [-0.4, -0.2) is 14.1 Å². The number of hydrogen-bond acceptors (Lipinski definition) is 2. The Balaban J connectivity index is 1.08. The van der Waals surface area contributed by atoms with Gasteiger partial charge in [0, 0.05) is 23.0 Å². The van der Waals surface area contributed by atoms with Gasteiger partial charge in [0.15, 0.2) is 0 Å². The van der Waals surface area contributed by atoms with Gasteiger partial charge in [-0.15, -0.1) is 0 Å². The average Bonchev–Trinajstić information content (AvgIpc) is 1.64. The number of pyridine rings is 1. The maximum atomic E-state index is 7.14. The van der Waals surface area contributed by atoms with Gasteiger partial charge in [-0.3, -0.25) is 13.7 Å². The van der Waals surface area contributed by atoms with Crippen molar-refractivity contribution >= 4 is 32.8 Å². The highest BCUT2D eigenvalue weighted by atomic mass is 16.5. The molecule has 93 heavy (non-hydrogen) atoms. The normalized spacial score (nSPS) is 14.7. The van der Waals surface area contributed by atoms with Crippen molar-refractivity contribution in [2.24, 2.45) is 0 Å². The first-order valence-electron chi connectivity index (χ1n) is 33.8. The fraction of sp³-hybridized carbons (Fsp3) is 0.318. The Bertz CT molecular complexity index is 4950. The van der Waals surface area contributed by atoms with Crippen molar-refractivity contribution in [1.29, 1.82) is 0 Å². The minimum Gasteiger partial charge on any atom is -0.458 e. The first kappa shape index (κ1) is 61.7. The molecule has 470 valence electrons. The fourth-order valence-corrected chi connectivity index (χ4v) is 14.6. The summed E-state index contributed by atoms with van der Waals surface area (Å²) in [5.41, 5.74) is 27.1. The second-order valence-corrected chi connectivity index (χ2v) is 33.5. The maximum Gasteiger partial charge on any atom is 0.269 e. The number of para-hydroxylation sites is 2. The predicted molar refractivity (Wildman–Crippen MR) is 392 cm³/mol. The molecule has 1 aliphatic carbocycles. The van der Waals surface area contributed by atoms with Crippen LogP contribution in [-0.2, 0) is 37.9 Å². The SMILES string of the molecule is CC(C)(C)c1cc(-c2cc3c4c(c2)n(-c2cccc(Oc5ccc6c7ccccc7n(-c7cc(C(C)(C)C)ccn7)c6c5)c2)[c-][n+]4-c2c(-c4cc(C(C)(C)C)cc(C(C)(C)C)c4)cccc2-c2cc4c(cc2-c2ccccc2-3)C(C)(C)CCC4(C)C)cc(C(C)(C)C)c1. The number of imidazole rings is 1. The van der Waals surface area contributed by atoms with Gasteiger partial charge < -0.3 is 4.74 Å². The van der Waals surface area contributed by atoms with Crippen LogP contribution in [0.2, 0.25) is 0 Å². The Labute approximate surface area is 553 Å². The second-order valence-electron chi connectivity index (χ2n) is 33.5. The van der Waals surface area contributed by atoms with E-state index in [1.54, 1.807) is 0 Å². The van der Waals surface area contributed by atoms with Crippen molar-refractivity contribution in [2.45, 2.75) is 182 Å². The molecule has 9 aromatic carbocycles. The number of ether oxygens (including phenoxy) is 1. The molecule has 0 saturated heterocycles. The van der Waals surface area contributed by atoms with Crippen molar-refractivity contribution < 1.29 is 9.30 Å². The summed E-state index contributed by atoms with van der Waals surface area (Å²) in [6, 6.07) is 69.3. The van der Waals surface area contributed by atoms with Gasteiger partial charge >= 0.3 is 0 Å². The van der Waals surface area contributed by atoms with Crippen molar-refractivity contribution in [3.8, 4) is 84.3 Å². The molecular formula is C88H92N4O. The highest BCUT2D eigenvalue weighted by molar-refractivity contribution is 6.10. The predicted octanol–water partition coefficient (Wildman–Crippen LogP) is 23.5. The standard InChI is InChI=1S/C88H92N4O/c1-82(2,3)57-36-39-89-79(48-57)92-76-33-23-22-30-68(76)69-35-34-64(50-77(69)92)93-63-27-24-26-62(49-63)90-53-91-80-65(56-42-60(85(10,11)12)47-61(43-56)86(13,14)15)31-25-32-70(80)72-52-75-74(87(16,17)37-38-88(75,18)19)51-71(72)66-28-20-21-29-67(66)73-44-55(45-78(90)81(73)91)54-40-58(83(4,5)6)46-59(41-54)84(7,8)9/h20-36,39-52H,37-38H2,1-19H3. The van der Waals surface area contributed by atoms with E-state index in [2.05, 4.69) is 334 Å². The Kier molecular flexibility index (Phi) is 14.2. The van der Waals surface area contributed by atoms with E-state index in [0.717, 1.165) is 85.7 Å². The van der Waals surface area contributed by atoms with E-state index in [1.807, 2.05) is 6.20 Å². The monoisotopic (exact) mass is 1220 g/mol. The summed E-state index contributed by atoms with van der Waals surface area (Å²) < 4.78 is 14.2. The molecule has 0 saturated carbocycles. The van der Waals surface area contributed by atoms with Crippen molar-refractivity contribution in [2.75, 3.05) is 0 Å². The van der Waals surface area contributed by atoms with Crippen LogP contribution in [0.3, 0.4) is 0 Å². The van der Waals surface area contributed by atoms with E-state index in [0.29, 0.717) is 0 Å². The van der Waals surface area contributed by atoms with E-state index in [4.69, 9.17) is 9.72 Å². The largest absolute Gasteiger partial charge is 0.458 e. The van der Waals surface area contributed by atoms with Gasteiger partial charge in [-0.2, -0.15) is 0 Å². The Morgan fingerprint density at radius 2 is 0.903 bits per heavy atom. The Morgan fingerprint density at radius 1 is 0.398 bits per heavy atom. The van der Waals surface area contributed by atoms with Crippen molar-refractivity contribution in [3.05, 3.63) is 233 Å². The molecule has 2 aliphatic rings. The molecule has 0 amide bonds. The van der Waals surface area contributed by atoms with Crippen LogP contribution in [0.4, 0.5) is 0 Å². The summed E-state index contributed by atoms with van der Waals surface area (Å²) in [5.74, 6) is 2.34. The number of aromatic nitrogens is 4. The number of rotatable bonds is 6. The molecular weight excluding hydrogens is 1130 g/mol. The molecule has 0 unspecified atom stereocenters. The number of nitrogens with zero attached hydrogens (tertiary/aromatic N) is 4. The summed E-state index contributed by atoms with van der Waals surface area (Å²) >= 11 is 0. The molecule has 5 heteroatoms. The van der Waals surface area contributed by atoms with Crippen LogP contribution >= 0.6 is 0 Å². The van der Waals surface area contributed by atoms with E-state index in [-0.39, 0.29) is 37.9 Å². The van der Waals surface area contributed by atoms with Gasteiger partial charge in [0.1, 0.15) is 17.3 Å². The van der Waals surface area contributed by atoms with Gasteiger partial charge in [0.2, 0.25) is 0 Å². The quantitative estimate of drug-likeness (QED) is 0.123. The van der Waals surface area contributed by atoms with Gasteiger partial charge in [-0.25, -0.2) is 4.98 Å². The molecule has 0 fully saturated rings. The van der Waals surface area contributed by atoms with Crippen molar-refractivity contribution in [1.82, 2.24) is 14.1 Å². The third kappa shape index (κ3) is 10.8. The van der Waals surface area contributed by atoms with Crippen LogP contribution in [0.25, 0.3) is 106 Å². The van der Waals surface area contributed by atoms with E-state index >= 15 is 0 Å². The molecule has 5 nitrogen and oxygen atoms in total. The fourth-order valence-electron chi connectivity index (χ4n) is 14.6. The first-order valence-corrected chi connectivity index (χ1v) is 33.8. The summed E-state index contributed by atoms with van der Waals surface area (Å²) in [6.45, 7) is 44.7. The summed E-state index contributed by atoms with van der Waals surface area (Å²) in [5, 5.41) is 2.32.